The van der Waals surface area contributed by atoms with Crippen molar-refractivity contribution in [2.75, 3.05) is 6.54 Å². The molecule has 0 radical (unpaired) electrons. The molecule has 0 bridgehead atoms. The van der Waals surface area contributed by atoms with E-state index in [-0.39, 0.29) is 11.8 Å². The van der Waals surface area contributed by atoms with Gasteiger partial charge in [-0.05, 0) is 31.0 Å². The van der Waals surface area contributed by atoms with Crippen molar-refractivity contribution in [2.24, 2.45) is 5.92 Å². The summed E-state index contributed by atoms with van der Waals surface area (Å²) in [5.41, 5.74) is 2.17. The van der Waals surface area contributed by atoms with Gasteiger partial charge in [-0.25, -0.2) is 4.98 Å². The van der Waals surface area contributed by atoms with Gasteiger partial charge in [0.05, 0.1) is 10.7 Å². The molecule has 0 saturated carbocycles. The van der Waals surface area contributed by atoms with Gasteiger partial charge in [0.2, 0.25) is 5.91 Å². The van der Waals surface area contributed by atoms with E-state index in [0.717, 1.165) is 34.1 Å². The Labute approximate surface area is 134 Å². The molecule has 0 aliphatic rings. The average molecular weight is 323 g/mol. The lowest BCUT2D eigenvalue weighted by Gasteiger charge is -2.12. The summed E-state index contributed by atoms with van der Waals surface area (Å²) in [6, 6.07) is 7.63. The maximum atomic E-state index is 12.1. The molecule has 1 amide bonds. The van der Waals surface area contributed by atoms with E-state index in [2.05, 4.69) is 10.3 Å². The first-order valence-electron chi connectivity index (χ1n) is 6.98. The van der Waals surface area contributed by atoms with E-state index in [9.17, 15) is 4.79 Å². The van der Waals surface area contributed by atoms with Crippen LogP contribution >= 0.6 is 22.9 Å². The van der Waals surface area contributed by atoms with Crippen molar-refractivity contribution in [2.45, 2.75) is 26.7 Å². The van der Waals surface area contributed by atoms with Crippen LogP contribution in [0.15, 0.2) is 29.6 Å². The average Bonchev–Trinajstić information content (AvgIpc) is 2.87. The van der Waals surface area contributed by atoms with Crippen molar-refractivity contribution < 1.29 is 4.79 Å². The topological polar surface area (TPSA) is 42.0 Å². The molecule has 21 heavy (non-hydrogen) atoms. The minimum absolute atomic E-state index is 0.0525. The van der Waals surface area contributed by atoms with Crippen LogP contribution in [0, 0.1) is 12.8 Å². The van der Waals surface area contributed by atoms with Crippen molar-refractivity contribution in [1.82, 2.24) is 10.3 Å². The molecule has 1 heterocycles. The van der Waals surface area contributed by atoms with Crippen LogP contribution in [0.25, 0.3) is 0 Å². The number of benzene rings is 1. The van der Waals surface area contributed by atoms with E-state index in [0.29, 0.717) is 6.54 Å². The Hall–Kier alpha value is -1.39. The Morgan fingerprint density at radius 2 is 2.10 bits per heavy atom. The van der Waals surface area contributed by atoms with Gasteiger partial charge in [-0.15, -0.1) is 11.3 Å². The maximum Gasteiger partial charge on any atom is 0.223 e. The second kappa shape index (κ2) is 7.57. The van der Waals surface area contributed by atoms with Crippen molar-refractivity contribution in [1.29, 1.82) is 0 Å². The maximum absolute atomic E-state index is 12.1. The molecule has 3 nitrogen and oxygen atoms in total. The largest absolute Gasteiger partial charge is 0.355 e. The lowest BCUT2D eigenvalue weighted by atomic mass is 10.0. The van der Waals surface area contributed by atoms with Gasteiger partial charge in [-0.1, -0.05) is 30.7 Å². The van der Waals surface area contributed by atoms with Crippen molar-refractivity contribution >= 4 is 28.8 Å². The molecule has 1 aromatic heterocycles. The number of aryl methyl sites for hydroxylation is 1. The fourth-order valence-electron chi connectivity index (χ4n) is 2.08. The third-order valence-corrected chi connectivity index (χ3v) is 4.32. The molecule has 2 rings (SSSR count). The van der Waals surface area contributed by atoms with Crippen LogP contribution < -0.4 is 5.32 Å². The normalized spacial score (nSPS) is 12.1. The highest BCUT2D eigenvalue weighted by Crippen LogP contribution is 2.13. The van der Waals surface area contributed by atoms with Gasteiger partial charge in [0.25, 0.3) is 0 Å². The fourth-order valence-corrected chi connectivity index (χ4v) is 2.85. The first-order valence-corrected chi connectivity index (χ1v) is 8.23. The summed E-state index contributed by atoms with van der Waals surface area (Å²) >= 11 is 7.49. The summed E-state index contributed by atoms with van der Waals surface area (Å²) in [5.74, 6) is 0.0280. The number of hydrogen-bond donors (Lipinski definition) is 1. The molecule has 0 aliphatic carbocycles. The third-order valence-electron chi connectivity index (χ3n) is 3.25. The van der Waals surface area contributed by atoms with Gasteiger partial charge < -0.3 is 5.32 Å². The standard InChI is InChI=1S/C16H19ClN2OS/c1-11(9-13-3-5-14(17)6-4-13)16(20)18-8-7-15-10-21-12(2)19-15/h3-6,10-11H,7-9H2,1-2H3,(H,18,20). The predicted molar refractivity (Wildman–Crippen MR) is 87.9 cm³/mol. The Bertz CT molecular complexity index is 595. The number of amides is 1. The zero-order valence-electron chi connectivity index (χ0n) is 12.2. The molecular formula is C16H19ClN2OS. The van der Waals surface area contributed by atoms with E-state index < -0.39 is 0 Å². The Kier molecular flexibility index (Phi) is 5.76. The van der Waals surface area contributed by atoms with E-state index in [1.54, 1.807) is 11.3 Å². The Morgan fingerprint density at radius 1 is 1.38 bits per heavy atom. The van der Waals surface area contributed by atoms with Gasteiger partial charge in [0.15, 0.2) is 0 Å². The first-order chi connectivity index (χ1) is 10.0. The summed E-state index contributed by atoms with van der Waals surface area (Å²) < 4.78 is 0. The number of thiazole rings is 1. The lowest BCUT2D eigenvalue weighted by molar-refractivity contribution is -0.124. The number of rotatable bonds is 6. The molecular weight excluding hydrogens is 304 g/mol. The molecule has 1 aromatic carbocycles. The Balaban J connectivity index is 1.75. The molecule has 0 aliphatic heterocycles. The van der Waals surface area contributed by atoms with Crippen LogP contribution in [0.5, 0.6) is 0 Å². The minimum atomic E-state index is -0.0525. The van der Waals surface area contributed by atoms with E-state index in [4.69, 9.17) is 11.6 Å². The number of nitrogens with zero attached hydrogens (tertiary/aromatic N) is 1. The number of nitrogens with one attached hydrogen (secondary N) is 1. The smallest absolute Gasteiger partial charge is 0.223 e. The summed E-state index contributed by atoms with van der Waals surface area (Å²) in [6.45, 7) is 4.56. The van der Waals surface area contributed by atoms with Crippen LogP contribution in [0.4, 0.5) is 0 Å². The molecule has 0 saturated heterocycles. The van der Waals surface area contributed by atoms with Gasteiger partial charge in [-0.2, -0.15) is 0 Å². The number of carbonyl (C=O) groups is 1. The van der Waals surface area contributed by atoms with Gasteiger partial charge in [-0.3, -0.25) is 4.79 Å². The summed E-state index contributed by atoms with van der Waals surface area (Å²) in [7, 11) is 0. The number of halogens is 1. The highest BCUT2D eigenvalue weighted by Gasteiger charge is 2.13. The van der Waals surface area contributed by atoms with Gasteiger partial charge in [0, 0.05) is 29.3 Å². The van der Waals surface area contributed by atoms with Crippen LogP contribution in [0.1, 0.15) is 23.2 Å². The van der Waals surface area contributed by atoms with Crippen LogP contribution in [-0.2, 0) is 17.6 Å². The molecule has 0 spiro atoms. The molecule has 1 unspecified atom stereocenters. The van der Waals surface area contributed by atoms with E-state index in [1.807, 2.05) is 43.5 Å². The summed E-state index contributed by atoms with van der Waals surface area (Å²) in [6.07, 6.45) is 1.50. The van der Waals surface area contributed by atoms with Gasteiger partial charge >= 0.3 is 0 Å². The van der Waals surface area contributed by atoms with E-state index in [1.165, 1.54) is 0 Å². The fraction of sp³-hybridized carbons (Fsp3) is 0.375. The van der Waals surface area contributed by atoms with Crippen LogP contribution in [0.2, 0.25) is 5.02 Å². The SMILES string of the molecule is Cc1nc(CCNC(=O)C(C)Cc2ccc(Cl)cc2)cs1. The molecule has 0 fully saturated rings. The highest BCUT2D eigenvalue weighted by atomic mass is 35.5. The quantitative estimate of drug-likeness (QED) is 0.882. The molecule has 1 atom stereocenters. The van der Waals surface area contributed by atoms with E-state index >= 15 is 0 Å². The van der Waals surface area contributed by atoms with Crippen molar-refractivity contribution in [3.8, 4) is 0 Å². The van der Waals surface area contributed by atoms with Crippen molar-refractivity contribution in [3.63, 3.8) is 0 Å². The zero-order valence-corrected chi connectivity index (χ0v) is 13.8. The summed E-state index contributed by atoms with van der Waals surface area (Å²) in [5, 5.41) is 6.79. The molecule has 112 valence electrons. The monoisotopic (exact) mass is 322 g/mol. The lowest BCUT2D eigenvalue weighted by Crippen LogP contribution is -2.31. The van der Waals surface area contributed by atoms with Crippen LogP contribution in [-0.4, -0.2) is 17.4 Å². The number of carbonyl (C=O) groups excluding carboxylic acids is 1. The Morgan fingerprint density at radius 3 is 2.71 bits per heavy atom. The molecule has 1 N–H and O–H groups in total. The predicted octanol–water partition coefficient (Wildman–Crippen LogP) is 3.64. The molecule has 2 aromatic rings. The zero-order chi connectivity index (χ0) is 15.2. The second-order valence-corrected chi connectivity index (χ2v) is 6.63. The summed E-state index contributed by atoms with van der Waals surface area (Å²) in [4.78, 5) is 16.4. The van der Waals surface area contributed by atoms with Crippen LogP contribution in [0.3, 0.4) is 0 Å². The third kappa shape index (κ3) is 5.14. The first kappa shape index (κ1) is 16.0. The second-order valence-electron chi connectivity index (χ2n) is 5.13. The van der Waals surface area contributed by atoms with Gasteiger partial charge in [0.1, 0.15) is 0 Å². The highest BCUT2D eigenvalue weighted by molar-refractivity contribution is 7.09. The van der Waals surface area contributed by atoms with Crippen molar-refractivity contribution in [3.05, 3.63) is 50.9 Å². The minimum Gasteiger partial charge on any atom is -0.355 e. The number of aromatic nitrogens is 1. The molecule has 5 heteroatoms. The number of hydrogen-bond acceptors (Lipinski definition) is 3.